The Morgan fingerprint density at radius 2 is 2.07 bits per heavy atom. The average Bonchev–Trinajstić information content (AvgIpc) is 3.20. The van der Waals surface area contributed by atoms with Gasteiger partial charge < -0.3 is 25.4 Å². The zero-order valence-corrected chi connectivity index (χ0v) is 16.2. The Hall–Kier alpha value is -1.68. The fourth-order valence-electron chi connectivity index (χ4n) is 3.10. The third-order valence-electron chi connectivity index (χ3n) is 4.42. The fourth-order valence-corrected chi connectivity index (χ4v) is 4.64. The molecule has 27 heavy (non-hydrogen) atoms. The Morgan fingerprint density at radius 1 is 1.26 bits per heavy atom. The van der Waals surface area contributed by atoms with Gasteiger partial charge in [-0.2, -0.15) is 11.8 Å². The van der Waals surface area contributed by atoms with Gasteiger partial charge in [-0.15, -0.1) is 0 Å². The van der Waals surface area contributed by atoms with Crippen LogP contribution in [-0.4, -0.2) is 74.5 Å². The van der Waals surface area contributed by atoms with Crippen LogP contribution in [0.1, 0.15) is 25.7 Å². The van der Waals surface area contributed by atoms with Crippen LogP contribution in [-0.2, 0) is 14.3 Å². The lowest BCUT2D eigenvalue weighted by Crippen LogP contribution is -2.36. The minimum Gasteiger partial charge on any atom is -0.379 e. The van der Waals surface area contributed by atoms with E-state index < -0.39 is 0 Å². The van der Waals surface area contributed by atoms with Gasteiger partial charge in [0, 0.05) is 35.4 Å². The minimum atomic E-state index is -0.0587. The van der Waals surface area contributed by atoms with E-state index in [4.69, 9.17) is 15.0 Å². The quantitative estimate of drug-likeness (QED) is 0.132. The molecular formula is C16H28N6O4S. The molecule has 11 heteroatoms. The predicted molar refractivity (Wildman–Crippen MR) is 103 cm³/mol. The molecule has 0 unspecified atom stereocenters. The summed E-state index contributed by atoms with van der Waals surface area (Å²) in [6.07, 6.45) is 3.36. The third kappa shape index (κ3) is 8.25. The number of hydrogen-bond donors (Lipinski definition) is 3. The van der Waals surface area contributed by atoms with Crippen molar-refractivity contribution >= 4 is 23.7 Å². The minimum absolute atomic E-state index is 0.0389. The lowest BCUT2D eigenvalue weighted by atomic mass is 10.0. The molecule has 0 saturated carbocycles. The first kappa shape index (κ1) is 21.6. The molecule has 2 aliphatic heterocycles. The molecule has 0 bridgehead atoms. The predicted octanol–water partition coefficient (Wildman–Crippen LogP) is 1.17. The van der Waals surface area contributed by atoms with Crippen molar-refractivity contribution in [2.45, 2.75) is 43.0 Å². The molecule has 2 fully saturated rings. The summed E-state index contributed by atoms with van der Waals surface area (Å²) in [5, 5.41) is 12.6. The maximum atomic E-state index is 11.8. The number of nitrogens with zero attached hydrogens (tertiary/aromatic N) is 3. The molecule has 2 aliphatic rings. The SMILES string of the molecule is [N-]=[N+]=NCCOCCOCCNC(=O)CCCC[C@H]1SC[C@H]2NC(=O)N[C@H]21. The number of ether oxygens (including phenoxy) is 2. The second kappa shape index (κ2) is 12.7. The number of amides is 3. The summed E-state index contributed by atoms with van der Waals surface area (Å²) in [5.74, 6) is 1.00. The number of urea groups is 1. The zero-order chi connectivity index (χ0) is 19.3. The van der Waals surface area contributed by atoms with E-state index >= 15 is 0 Å². The van der Waals surface area contributed by atoms with Gasteiger partial charge in [-0.3, -0.25) is 4.79 Å². The Kier molecular flexibility index (Phi) is 10.1. The van der Waals surface area contributed by atoms with Crippen LogP contribution in [0.15, 0.2) is 5.11 Å². The van der Waals surface area contributed by atoms with Crippen molar-refractivity contribution in [1.29, 1.82) is 0 Å². The highest BCUT2D eigenvalue weighted by atomic mass is 32.2. The van der Waals surface area contributed by atoms with E-state index in [1.54, 1.807) is 0 Å². The Morgan fingerprint density at radius 3 is 2.89 bits per heavy atom. The third-order valence-corrected chi connectivity index (χ3v) is 5.93. The van der Waals surface area contributed by atoms with E-state index in [2.05, 4.69) is 26.0 Å². The van der Waals surface area contributed by atoms with Crippen molar-refractivity contribution in [1.82, 2.24) is 16.0 Å². The molecular weight excluding hydrogens is 372 g/mol. The van der Waals surface area contributed by atoms with Crippen LogP contribution in [0.2, 0.25) is 0 Å². The van der Waals surface area contributed by atoms with E-state index in [1.807, 2.05) is 11.8 Å². The molecule has 152 valence electrons. The van der Waals surface area contributed by atoms with Gasteiger partial charge in [0.15, 0.2) is 0 Å². The monoisotopic (exact) mass is 400 g/mol. The summed E-state index contributed by atoms with van der Waals surface area (Å²) in [6, 6.07) is 0.431. The largest absolute Gasteiger partial charge is 0.379 e. The van der Waals surface area contributed by atoms with Crippen LogP contribution in [0.5, 0.6) is 0 Å². The van der Waals surface area contributed by atoms with Gasteiger partial charge in [0.1, 0.15) is 0 Å². The summed E-state index contributed by atoms with van der Waals surface area (Å²) in [6.45, 7) is 2.51. The van der Waals surface area contributed by atoms with Crippen LogP contribution in [0.4, 0.5) is 4.79 Å². The number of hydrogen-bond acceptors (Lipinski definition) is 6. The molecule has 10 nitrogen and oxygen atoms in total. The van der Waals surface area contributed by atoms with Crippen LogP contribution in [0.3, 0.4) is 0 Å². The zero-order valence-electron chi connectivity index (χ0n) is 15.4. The van der Waals surface area contributed by atoms with Gasteiger partial charge in [-0.25, -0.2) is 4.79 Å². The smallest absolute Gasteiger partial charge is 0.315 e. The molecule has 2 rings (SSSR count). The Balaban J connectivity index is 1.38. The fraction of sp³-hybridized carbons (Fsp3) is 0.875. The molecule has 0 spiro atoms. The summed E-state index contributed by atoms with van der Waals surface area (Å²) >= 11 is 1.90. The summed E-state index contributed by atoms with van der Waals surface area (Å²) in [4.78, 5) is 25.8. The van der Waals surface area contributed by atoms with Gasteiger partial charge in [0.05, 0.1) is 38.5 Å². The van der Waals surface area contributed by atoms with Gasteiger partial charge in [-0.1, -0.05) is 11.5 Å². The second-order valence-corrected chi connectivity index (χ2v) is 7.67. The molecule has 2 saturated heterocycles. The molecule has 0 aromatic carbocycles. The number of carbonyl (C=O) groups is 2. The highest BCUT2D eigenvalue weighted by Crippen LogP contribution is 2.33. The van der Waals surface area contributed by atoms with E-state index in [-0.39, 0.29) is 24.0 Å². The summed E-state index contributed by atoms with van der Waals surface area (Å²) in [5.41, 5.74) is 8.10. The van der Waals surface area contributed by atoms with Crippen molar-refractivity contribution in [3.8, 4) is 0 Å². The molecule has 0 aromatic rings. The maximum absolute atomic E-state index is 11.8. The van der Waals surface area contributed by atoms with Crippen LogP contribution < -0.4 is 16.0 Å². The lowest BCUT2D eigenvalue weighted by molar-refractivity contribution is -0.121. The van der Waals surface area contributed by atoms with Crippen LogP contribution in [0.25, 0.3) is 10.4 Å². The summed E-state index contributed by atoms with van der Waals surface area (Å²) < 4.78 is 10.5. The van der Waals surface area contributed by atoms with E-state index in [0.717, 1.165) is 25.0 Å². The Bertz CT molecular complexity index is 531. The van der Waals surface area contributed by atoms with Gasteiger partial charge in [0.2, 0.25) is 5.91 Å². The number of rotatable bonds is 14. The molecule has 0 aromatic heterocycles. The Labute approximate surface area is 163 Å². The van der Waals surface area contributed by atoms with Gasteiger partial charge >= 0.3 is 6.03 Å². The van der Waals surface area contributed by atoms with E-state index in [0.29, 0.717) is 51.2 Å². The van der Waals surface area contributed by atoms with Crippen molar-refractivity contribution in [2.75, 3.05) is 45.3 Å². The number of thioether (sulfide) groups is 1. The van der Waals surface area contributed by atoms with Crippen LogP contribution in [0, 0.1) is 0 Å². The van der Waals surface area contributed by atoms with Gasteiger partial charge in [0.25, 0.3) is 0 Å². The number of nitrogens with one attached hydrogen (secondary N) is 3. The van der Waals surface area contributed by atoms with Crippen molar-refractivity contribution in [3.05, 3.63) is 10.4 Å². The number of carbonyl (C=O) groups excluding carboxylic acids is 2. The molecule has 3 N–H and O–H groups in total. The lowest BCUT2D eigenvalue weighted by Gasteiger charge is -2.16. The average molecular weight is 401 g/mol. The number of unbranched alkanes of at least 4 members (excludes halogenated alkanes) is 1. The first-order valence-electron chi connectivity index (χ1n) is 9.32. The standard InChI is InChI=1S/C16H28N6O4S/c17-22-19-6-8-26-10-9-25-7-5-18-14(23)4-2-1-3-13-15-12(11-27-13)20-16(24)21-15/h12-13,15H,1-11H2,(H,18,23)(H2,20,21,24)/t12-,13-,15-/m1/s1. The second-order valence-electron chi connectivity index (χ2n) is 6.40. The maximum Gasteiger partial charge on any atom is 0.315 e. The van der Waals surface area contributed by atoms with Crippen molar-refractivity contribution in [2.24, 2.45) is 5.11 Å². The van der Waals surface area contributed by atoms with E-state index in [9.17, 15) is 9.59 Å². The molecule has 3 amide bonds. The van der Waals surface area contributed by atoms with Crippen molar-refractivity contribution < 1.29 is 19.1 Å². The van der Waals surface area contributed by atoms with Crippen molar-refractivity contribution in [3.63, 3.8) is 0 Å². The van der Waals surface area contributed by atoms with Crippen LogP contribution >= 0.6 is 11.8 Å². The first-order valence-corrected chi connectivity index (χ1v) is 10.4. The number of azide groups is 1. The normalized spacial score (nSPS) is 23.3. The molecule has 3 atom stereocenters. The van der Waals surface area contributed by atoms with E-state index in [1.165, 1.54) is 0 Å². The first-order chi connectivity index (χ1) is 13.2. The number of fused-ring (bicyclic) bond motifs is 1. The molecule has 2 heterocycles. The highest BCUT2D eigenvalue weighted by Gasteiger charge is 2.42. The topological polar surface area (TPSA) is 137 Å². The van der Waals surface area contributed by atoms with Gasteiger partial charge in [-0.05, 0) is 18.4 Å². The highest BCUT2D eigenvalue weighted by molar-refractivity contribution is 8.00. The summed E-state index contributed by atoms with van der Waals surface area (Å²) in [7, 11) is 0. The molecule has 0 aliphatic carbocycles. The molecule has 0 radical (unpaired) electrons.